The van der Waals surface area contributed by atoms with Crippen molar-refractivity contribution in [3.63, 3.8) is 0 Å². The minimum Gasteiger partial charge on any atom is -0.465 e. The lowest BCUT2D eigenvalue weighted by molar-refractivity contribution is -0.384. The summed E-state index contributed by atoms with van der Waals surface area (Å²) in [6.07, 6.45) is 0. The molecule has 0 saturated carbocycles. The van der Waals surface area contributed by atoms with Crippen LogP contribution in [0.2, 0.25) is 5.02 Å². The lowest BCUT2D eigenvalue weighted by atomic mass is 9.83. The van der Waals surface area contributed by atoms with Crippen molar-refractivity contribution < 1.29 is 24.0 Å². The third-order valence-corrected chi connectivity index (χ3v) is 9.05. The number of amides is 2. The smallest absolute Gasteiger partial charge is 0.326 e. The molecule has 1 aromatic heterocycles. The lowest BCUT2D eigenvalue weighted by Gasteiger charge is -2.30. The monoisotopic (exact) mass is 559 g/mol. The highest BCUT2D eigenvalue weighted by atomic mass is 35.5. The van der Waals surface area contributed by atoms with Gasteiger partial charge in [0.2, 0.25) is 11.8 Å². The predicted molar refractivity (Wildman–Crippen MR) is 137 cm³/mol. The molecule has 5 rings (SSSR count). The molecule has 2 amide bonds. The van der Waals surface area contributed by atoms with Gasteiger partial charge in [0.25, 0.3) is 5.69 Å². The predicted octanol–water partition coefficient (Wildman–Crippen LogP) is 3.83. The van der Waals surface area contributed by atoms with Crippen molar-refractivity contribution in [3.8, 4) is 0 Å². The summed E-state index contributed by atoms with van der Waals surface area (Å²) in [6, 6.07) is 12.0. The highest BCUT2D eigenvalue weighted by molar-refractivity contribution is 8.00. The average molecular weight is 560 g/mol. The Labute approximate surface area is 222 Å². The zero-order chi connectivity index (χ0) is 26.4. The molecule has 10 nitrogen and oxygen atoms in total. The Hall–Kier alpha value is -3.48. The van der Waals surface area contributed by atoms with Gasteiger partial charge in [-0.25, -0.2) is 4.90 Å². The van der Waals surface area contributed by atoms with Gasteiger partial charge in [-0.05, 0) is 36.8 Å². The summed E-state index contributed by atoms with van der Waals surface area (Å²) in [7, 11) is 0. The Balaban J connectivity index is 1.61. The van der Waals surface area contributed by atoms with Gasteiger partial charge in [-0.2, -0.15) is 0 Å². The number of ether oxygens (including phenoxy) is 1. The first kappa shape index (κ1) is 25.2. The van der Waals surface area contributed by atoms with Gasteiger partial charge < -0.3 is 4.74 Å². The number of nitro groups is 1. The first-order chi connectivity index (χ1) is 17.7. The number of hydrogen-bond donors (Lipinski definition) is 0. The third kappa shape index (κ3) is 4.34. The van der Waals surface area contributed by atoms with E-state index < -0.39 is 44.7 Å². The Kier molecular flexibility index (Phi) is 6.65. The number of anilines is 1. The summed E-state index contributed by atoms with van der Waals surface area (Å²) in [6.45, 7) is 1.50. The van der Waals surface area contributed by atoms with E-state index in [1.54, 1.807) is 31.2 Å². The molecule has 2 aliphatic rings. The number of thioether (sulfide) groups is 1. The molecule has 1 fully saturated rings. The molecule has 2 aromatic carbocycles. The highest BCUT2D eigenvalue weighted by Gasteiger charge is 2.56. The molecule has 0 radical (unpaired) electrons. The normalized spacial score (nSPS) is 20.5. The van der Waals surface area contributed by atoms with Crippen molar-refractivity contribution >= 4 is 63.9 Å². The van der Waals surface area contributed by atoms with Gasteiger partial charge in [0.15, 0.2) is 0 Å². The van der Waals surface area contributed by atoms with Crippen molar-refractivity contribution in [1.82, 2.24) is 4.57 Å². The van der Waals surface area contributed by atoms with Crippen LogP contribution in [0.1, 0.15) is 23.3 Å². The zero-order valence-corrected chi connectivity index (χ0v) is 21.5. The van der Waals surface area contributed by atoms with Gasteiger partial charge in [0, 0.05) is 28.0 Å². The van der Waals surface area contributed by atoms with Gasteiger partial charge >= 0.3 is 10.8 Å². The van der Waals surface area contributed by atoms with E-state index in [4.69, 9.17) is 16.3 Å². The molecule has 1 saturated heterocycles. The zero-order valence-electron chi connectivity index (χ0n) is 19.2. The maximum Gasteiger partial charge on any atom is 0.326 e. The number of nitro benzene ring substituents is 1. The number of non-ortho nitro benzene ring substituents is 1. The van der Waals surface area contributed by atoms with Crippen molar-refractivity contribution in [1.29, 1.82) is 0 Å². The molecule has 37 heavy (non-hydrogen) atoms. The molecule has 0 N–H and O–H groups in total. The number of aromatic nitrogens is 1. The van der Waals surface area contributed by atoms with Gasteiger partial charge in [-0.3, -0.25) is 33.9 Å². The summed E-state index contributed by atoms with van der Waals surface area (Å²) < 4.78 is 6.30. The average Bonchev–Trinajstić information content (AvgIpc) is 3.31. The highest BCUT2D eigenvalue weighted by Crippen LogP contribution is 2.54. The number of fused-ring (bicyclic) bond motifs is 2. The maximum absolute atomic E-state index is 13.8. The molecule has 3 atom stereocenters. The van der Waals surface area contributed by atoms with E-state index >= 15 is 0 Å². The molecule has 0 spiro atoms. The standard InChI is InChI=1S/C24H18ClN3O7S2/c1-2-35-16(29)11-26-23-20(37-24(26)32)17(12-3-5-13(25)6-4-12)18-19(36-23)22(31)27(21(18)30)14-7-9-15(10-8-14)28(33)34/h3-10,17-19H,2,11H2,1H3/t17-,18-,19+/m0/s1. The Morgan fingerprint density at radius 3 is 2.38 bits per heavy atom. The second kappa shape index (κ2) is 9.77. The maximum atomic E-state index is 13.8. The van der Waals surface area contributed by atoms with Crippen molar-refractivity contribution in [2.24, 2.45) is 5.92 Å². The summed E-state index contributed by atoms with van der Waals surface area (Å²) >= 11 is 8.09. The van der Waals surface area contributed by atoms with Crippen LogP contribution in [0.3, 0.4) is 0 Å². The number of esters is 1. The summed E-state index contributed by atoms with van der Waals surface area (Å²) in [4.78, 5) is 64.2. The first-order valence-corrected chi connectivity index (χ1v) is 13.2. The van der Waals surface area contributed by atoms with E-state index in [1.165, 1.54) is 28.8 Å². The van der Waals surface area contributed by atoms with Crippen LogP contribution in [-0.2, 0) is 25.7 Å². The number of imide groups is 1. The first-order valence-electron chi connectivity index (χ1n) is 11.1. The fraction of sp³-hybridized carbons (Fsp3) is 0.250. The number of rotatable bonds is 6. The third-order valence-electron chi connectivity index (χ3n) is 6.19. The van der Waals surface area contributed by atoms with Crippen LogP contribution in [0.15, 0.2) is 58.4 Å². The Bertz CT molecular complexity index is 1480. The number of thiazole rings is 1. The van der Waals surface area contributed by atoms with Crippen molar-refractivity contribution in [3.05, 3.63) is 83.8 Å². The number of nitrogens with zero attached hydrogens (tertiary/aromatic N) is 3. The summed E-state index contributed by atoms with van der Waals surface area (Å²) in [5.41, 5.74) is 0.744. The fourth-order valence-electron chi connectivity index (χ4n) is 4.60. The van der Waals surface area contributed by atoms with Gasteiger partial charge in [0.05, 0.1) is 28.2 Å². The van der Waals surface area contributed by atoms with Crippen LogP contribution in [0.4, 0.5) is 11.4 Å². The van der Waals surface area contributed by atoms with Crippen LogP contribution in [-0.4, -0.2) is 39.1 Å². The quantitative estimate of drug-likeness (QED) is 0.193. The van der Waals surface area contributed by atoms with Gasteiger partial charge in [-0.1, -0.05) is 46.8 Å². The van der Waals surface area contributed by atoms with Gasteiger partial charge in [-0.15, -0.1) is 0 Å². The second-order valence-electron chi connectivity index (χ2n) is 8.31. The molecular formula is C24H18ClN3O7S2. The van der Waals surface area contributed by atoms with Crippen LogP contribution >= 0.6 is 34.7 Å². The van der Waals surface area contributed by atoms with Crippen molar-refractivity contribution in [2.75, 3.05) is 11.5 Å². The molecular weight excluding hydrogens is 542 g/mol. The van der Waals surface area contributed by atoms with E-state index in [2.05, 4.69) is 0 Å². The Morgan fingerprint density at radius 2 is 1.76 bits per heavy atom. The lowest BCUT2D eigenvalue weighted by Crippen LogP contribution is -2.32. The molecule has 0 aliphatic carbocycles. The SMILES string of the molecule is CCOC(=O)Cn1c2c(sc1=O)[C@@H](c1ccc(Cl)cc1)[C@@H]1C(=O)N(c3ccc([N+](=O)[O-])cc3)C(=O)[C@@H]1S2. The minimum atomic E-state index is -0.877. The molecule has 0 unspecified atom stereocenters. The topological polar surface area (TPSA) is 129 Å². The minimum absolute atomic E-state index is 0.155. The van der Waals surface area contributed by atoms with E-state index in [-0.39, 0.29) is 24.5 Å². The fourth-order valence-corrected chi connectivity index (χ4v) is 7.50. The van der Waals surface area contributed by atoms with E-state index in [9.17, 15) is 29.3 Å². The van der Waals surface area contributed by atoms with E-state index in [0.29, 0.717) is 20.5 Å². The molecule has 190 valence electrons. The number of benzene rings is 2. The molecule has 13 heteroatoms. The summed E-state index contributed by atoms with van der Waals surface area (Å²) in [5.74, 6) is -3.04. The number of carbonyl (C=O) groups excluding carboxylic acids is 3. The number of hydrogen-bond acceptors (Lipinski definition) is 9. The van der Waals surface area contributed by atoms with Crippen LogP contribution in [0.25, 0.3) is 0 Å². The number of carbonyl (C=O) groups is 3. The summed E-state index contributed by atoms with van der Waals surface area (Å²) in [5, 5.41) is 11.1. The molecule has 3 aromatic rings. The van der Waals surface area contributed by atoms with Crippen LogP contribution in [0.5, 0.6) is 0 Å². The molecule has 0 bridgehead atoms. The van der Waals surface area contributed by atoms with E-state index in [1.807, 2.05) is 0 Å². The molecule has 3 heterocycles. The van der Waals surface area contributed by atoms with Crippen molar-refractivity contribution in [2.45, 2.75) is 29.7 Å². The molecule has 2 aliphatic heterocycles. The largest absolute Gasteiger partial charge is 0.465 e. The second-order valence-corrected chi connectivity index (χ2v) is 10.9. The van der Waals surface area contributed by atoms with Gasteiger partial charge in [0.1, 0.15) is 11.8 Å². The van der Waals surface area contributed by atoms with E-state index in [0.717, 1.165) is 28.0 Å². The van der Waals surface area contributed by atoms with Crippen LogP contribution < -0.4 is 9.77 Å². The Morgan fingerprint density at radius 1 is 1.08 bits per heavy atom. The number of halogens is 1. The van der Waals surface area contributed by atoms with Crippen LogP contribution in [0, 0.1) is 16.0 Å².